The summed E-state index contributed by atoms with van der Waals surface area (Å²) in [4.78, 5) is 0. The summed E-state index contributed by atoms with van der Waals surface area (Å²) in [5.74, 6) is 0. The van der Waals surface area contributed by atoms with Crippen LogP contribution >= 0.6 is 0 Å². The summed E-state index contributed by atoms with van der Waals surface area (Å²) < 4.78 is 0. The molecule has 0 fully saturated rings. The first kappa shape index (κ1) is 13.5. The summed E-state index contributed by atoms with van der Waals surface area (Å²) in [6, 6.07) is 28.0. The summed E-state index contributed by atoms with van der Waals surface area (Å²) in [5, 5.41) is 19.4. The van der Waals surface area contributed by atoms with Crippen molar-refractivity contribution in [2.45, 2.75) is 6.61 Å². The number of hydrogen-bond acceptors (Lipinski definition) is 1. The van der Waals surface area contributed by atoms with Crippen LogP contribution in [0.4, 0.5) is 0 Å². The molecule has 0 saturated carbocycles. The third kappa shape index (κ3) is 1.99. The molecule has 0 atom stereocenters. The van der Waals surface area contributed by atoms with Crippen LogP contribution in [0.2, 0.25) is 0 Å². The molecule has 0 radical (unpaired) electrons. The number of aliphatic hydroxyl groups is 1. The van der Waals surface area contributed by atoms with E-state index in [0.717, 1.165) is 10.9 Å². The molecule has 1 heteroatoms. The first-order chi connectivity index (χ1) is 11.8. The normalized spacial score (nSPS) is 11.7. The molecule has 0 aromatic heterocycles. The van der Waals surface area contributed by atoms with Crippen LogP contribution in [-0.2, 0) is 6.61 Å². The molecule has 5 aromatic rings. The third-order valence-corrected chi connectivity index (χ3v) is 4.92. The summed E-state index contributed by atoms with van der Waals surface area (Å²) in [6.45, 7) is 0.0705. The van der Waals surface area contributed by atoms with E-state index < -0.39 is 0 Å². The second kappa shape index (κ2) is 5.05. The van der Waals surface area contributed by atoms with E-state index in [9.17, 15) is 5.11 Å². The lowest BCUT2D eigenvalue weighted by Crippen LogP contribution is -1.86. The molecule has 0 aliphatic rings. The summed E-state index contributed by atoms with van der Waals surface area (Å²) in [5.41, 5.74) is 0.980. The van der Waals surface area contributed by atoms with Gasteiger partial charge in [0, 0.05) is 0 Å². The molecular formula is C23H16O. The van der Waals surface area contributed by atoms with Gasteiger partial charge in [-0.15, -0.1) is 0 Å². The van der Waals surface area contributed by atoms with Crippen LogP contribution < -0.4 is 0 Å². The minimum absolute atomic E-state index is 0.0705. The maximum Gasteiger partial charge on any atom is 0.0687 e. The number of aliphatic hydroxyl groups excluding tert-OH is 1. The fourth-order valence-corrected chi connectivity index (χ4v) is 3.67. The molecule has 24 heavy (non-hydrogen) atoms. The average Bonchev–Trinajstić information content (AvgIpc) is 2.62. The largest absolute Gasteiger partial charge is 0.392 e. The topological polar surface area (TPSA) is 20.2 Å². The van der Waals surface area contributed by atoms with E-state index >= 15 is 0 Å². The van der Waals surface area contributed by atoms with E-state index in [1.807, 2.05) is 12.1 Å². The van der Waals surface area contributed by atoms with Crippen LogP contribution in [0.1, 0.15) is 5.56 Å². The molecule has 0 aliphatic carbocycles. The van der Waals surface area contributed by atoms with Crippen LogP contribution in [-0.4, -0.2) is 5.11 Å². The highest BCUT2D eigenvalue weighted by molar-refractivity contribution is 6.08. The number of fused-ring (bicyclic) bond motifs is 4. The van der Waals surface area contributed by atoms with Gasteiger partial charge in [-0.05, 0) is 85.1 Å². The van der Waals surface area contributed by atoms with E-state index in [2.05, 4.69) is 66.7 Å². The van der Waals surface area contributed by atoms with Gasteiger partial charge >= 0.3 is 0 Å². The zero-order valence-corrected chi connectivity index (χ0v) is 13.2. The van der Waals surface area contributed by atoms with Crippen molar-refractivity contribution in [2.24, 2.45) is 0 Å². The summed E-state index contributed by atoms with van der Waals surface area (Å²) in [6.07, 6.45) is 0. The Morgan fingerprint density at radius 3 is 1.62 bits per heavy atom. The molecule has 114 valence electrons. The predicted octanol–water partition coefficient (Wildman–Crippen LogP) is 5.79. The summed E-state index contributed by atoms with van der Waals surface area (Å²) in [7, 11) is 0. The Bertz CT molecular complexity index is 1230. The Hall–Kier alpha value is -2.90. The van der Waals surface area contributed by atoms with E-state index in [1.54, 1.807) is 0 Å². The van der Waals surface area contributed by atoms with E-state index in [-0.39, 0.29) is 6.61 Å². The Labute approximate surface area is 139 Å². The quantitative estimate of drug-likeness (QED) is 0.388. The van der Waals surface area contributed by atoms with Crippen LogP contribution in [0, 0.1) is 0 Å². The van der Waals surface area contributed by atoms with Crippen LogP contribution in [0.3, 0.4) is 0 Å². The van der Waals surface area contributed by atoms with Crippen molar-refractivity contribution in [1.82, 2.24) is 0 Å². The Balaban J connectivity index is 1.90. The fourth-order valence-electron chi connectivity index (χ4n) is 3.67. The first-order valence-corrected chi connectivity index (χ1v) is 8.21. The maximum atomic E-state index is 9.60. The molecule has 0 amide bonds. The van der Waals surface area contributed by atoms with E-state index in [1.165, 1.54) is 37.7 Å². The summed E-state index contributed by atoms with van der Waals surface area (Å²) >= 11 is 0. The lowest BCUT2D eigenvalue weighted by atomic mass is 9.96. The highest BCUT2D eigenvalue weighted by Crippen LogP contribution is 2.31. The van der Waals surface area contributed by atoms with Crippen LogP contribution in [0.25, 0.3) is 43.1 Å². The fraction of sp³-hybridized carbons (Fsp3) is 0.0435. The Morgan fingerprint density at radius 1 is 0.500 bits per heavy atom. The monoisotopic (exact) mass is 308 g/mol. The maximum absolute atomic E-state index is 9.60. The number of benzene rings is 5. The van der Waals surface area contributed by atoms with Gasteiger partial charge in [0.15, 0.2) is 0 Å². The van der Waals surface area contributed by atoms with Gasteiger partial charge < -0.3 is 5.11 Å². The molecule has 0 saturated heterocycles. The van der Waals surface area contributed by atoms with Gasteiger partial charge in [0.1, 0.15) is 0 Å². The van der Waals surface area contributed by atoms with Gasteiger partial charge in [0.05, 0.1) is 6.61 Å². The van der Waals surface area contributed by atoms with Crippen molar-refractivity contribution in [3.05, 3.63) is 84.4 Å². The minimum Gasteiger partial charge on any atom is -0.392 e. The van der Waals surface area contributed by atoms with Crippen molar-refractivity contribution in [3.63, 3.8) is 0 Å². The molecule has 0 unspecified atom stereocenters. The minimum atomic E-state index is 0.0705. The van der Waals surface area contributed by atoms with Gasteiger partial charge in [0.2, 0.25) is 0 Å². The van der Waals surface area contributed by atoms with E-state index in [0.29, 0.717) is 0 Å². The van der Waals surface area contributed by atoms with Gasteiger partial charge in [-0.25, -0.2) is 0 Å². The first-order valence-electron chi connectivity index (χ1n) is 8.21. The molecule has 5 aromatic carbocycles. The van der Waals surface area contributed by atoms with Crippen LogP contribution in [0.15, 0.2) is 78.9 Å². The third-order valence-electron chi connectivity index (χ3n) is 4.92. The molecule has 0 spiro atoms. The number of rotatable bonds is 1. The SMILES string of the molecule is OCc1cccc2cc3cc4cc5ccccc5cc4cc3cc12. The molecule has 0 bridgehead atoms. The van der Waals surface area contributed by atoms with Crippen molar-refractivity contribution in [3.8, 4) is 0 Å². The van der Waals surface area contributed by atoms with Gasteiger partial charge in [-0.1, -0.05) is 42.5 Å². The molecule has 0 aliphatic heterocycles. The van der Waals surface area contributed by atoms with Crippen molar-refractivity contribution in [2.75, 3.05) is 0 Å². The standard InChI is InChI=1S/C23H16O/c24-14-18-7-3-6-17-10-21-11-19-8-15-4-1-2-5-16(15)9-20(19)12-22(21)13-23(17)18/h1-13,24H,14H2. The highest BCUT2D eigenvalue weighted by atomic mass is 16.3. The van der Waals surface area contributed by atoms with Gasteiger partial charge in [0.25, 0.3) is 0 Å². The zero-order valence-electron chi connectivity index (χ0n) is 13.2. The number of hydrogen-bond donors (Lipinski definition) is 1. The molecule has 1 N–H and O–H groups in total. The lowest BCUT2D eigenvalue weighted by Gasteiger charge is -2.09. The molecule has 5 rings (SSSR count). The molecular weight excluding hydrogens is 292 g/mol. The van der Waals surface area contributed by atoms with E-state index in [4.69, 9.17) is 0 Å². The van der Waals surface area contributed by atoms with Crippen molar-refractivity contribution >= 4 is 43.1 Å². The zero-order chi connectivity index (χ0) is 16.1. The average molecular weight is 308 g/mol. The Kier molecular flexibility index (Phi) is 2.85. The van der Waals surface area contributed by atoms with Gasteiger partial charge in [-0.2, -0.15) is 0 Å². The van der Waals surface area contributed by atoms with Crippen LogP contribution in [0.5, 0.6) is 0 Å². The second-order valence-corrected chi connectivity index (χ2v) is 6.39. The highest BCUT2D eigenvalue weighted by Gasteiger charge is 2.05. The molecule has 1 nitrogen and oxygen atoms in total. The van der Waals surface area contributed by atoms with Gasteiger partial charge in [-0.3, -0.25) is 0 Å². The predicted molar refractivity (Wildman–Crippen MR) is 102 cm³/mol. The molecule has 0 heterocycles. The second-order valence-electron chi connectivity index (χ2n) is 6.39. The smallest absolute Gasteiger partial charge is 0.0687 e. The van der Waals surface area contributed by atoms with Crippen molar-refractivity contribution in [1.29, 1.82) is 0 Å². The van der Waals surface area contributed by atoms with Crippen molar-refractivity contribution < 1.29 is 5.11 Å². The lowest BCUT2D eigenvalue weighted by molar-refractivity contribution is 0.283. The Morgan fingerprint density at radius 2 is 1.00 bits per heavy atom.